The quantitative estimate of drug-likeness (QED) is 0.584. The van der Waals surface area contributed by atoms with Gasteiger partial charge in [0, 0.05) is 11.8 Å². The summed E-state index contributed by atoms with van der Waals surface area (Å²) in [6.07, 6.45) is 0. The molecule has 0 N–H and O–H groups in total. The highest BCUT2D eigenvalue weighted by Gasteiger charge is 2.23. The normalized spacial score (nSPS) is 10.7. The molecular formula is C12H18O4Si2. The molecule has 0 rings (SSSR count). The van der Waals surface area contributed by atoms with Gasteiger partial charge in [-0.15, -0.1) is 13.2 Å². The minimum atomic E-state index is -2.21. The van der Waals surface area contributed by atoms with Crippen molar-refractivity contribution in [3.05, 3.63) is 24.6 Å². The summed E-state index contributed by atoms with van der Waals surface area (Å²) in [5.74, 6) is 2.75. The third kappa shape index (κ3) is 6.88. The average molecular weight is 282 g/mol. The molecule has 18 heavy (non-hydrogen) atoms. The van der Waals surface area contributed by atoms with E-state index in [0.29, 0.717) is 0 Å². The second kappa shape index (κ2) is 6.37. The van der Waals surface area contributed by atoms with Gasteiger partial charge in [-0.1, -0.05) is 11.4 Å². The van der Waals surface area contributed by atoms with E-state index in [0.717, 1.165) is 0 Å². The van der Waals surface area contributed by atoms with Crippen molar-refractivity contribution in [1.29, 1.82) is 0 Å². The maximum atomic E-state index is 11.3. The van der Waals surface area contributed by atoms with Gasteiger partial charge in [-0.3, -0.25) is 0 Å². The van der Waals surface area contributed by atoms with Crippen molar-refractivity contribution in [2.75, 3.05) is 0 Å². The fourth-order valence-electron chi connectivity index (χ4n) is 0.714. The van der Waals surface area contributed by atoms with E-state index in [1.54, 1.807) is 37.6 Å². The highest BCUT2D eigenvalue weighted by Crippen LogP contribution is 2.05. The van der Waals surface area contributed by atoms with Crippen LogP contribution in [0.1, 0.15) is 0 Å². The van der Waals surface area contributed by atoms with E-state index in [2.05, 4.69) is 25.0 Å². The monoisotopic (exact) mass is 282 g/mol. The lowest BCUT2D eigenvalue weighted by atomic mass is 10.6. The summed E-state index contributed by atoms with van der Waals surface area (Å²) in [5, 5.41) is 0. The van der Waals surface area contributed by atoms with Gasteiger partial charge in [-0.2, -0.15) is 0 Å². The molecule has 0 bridgehead atoms. The van der Waals surface area contributed by atoms with Gasteiger partial charge in [0.1, 0.15) is 0 Å². The number of carbonyl (C=O) groups excluding carboxylic acids is 2. The Morgan fingerprint density at radius 3 is 1.39 bits per heavy atom. The standard InChI is InChI=1S/C12H18O4Si2/c1-7-17(3,4)15-11(13)9-10-12(14)16-18(5,6)8-2/h7-8H,1-2H2,3-6H3. The summed E-state index contributed by atoms with van der Waals surface area (Å²) in [7, 11) is -4.43. The van der Waals surface area contributed by atoms with Gasteiger partial charge in [0.25, 0.3) is 16.6 Å². The largest absolute Gasteiger partial charge is 0.507 e. The van der Waals surface area contributed by atoms with Crippen molar-refractivity contribution < 1.29 is 18.4 Å². The van der Waals surface area contributed by atoms with Crippen LogP contribution in [-0.4, -0.2) is 28.6 Å². The molecule has 0 aromatic rings. The van der Waals surface area contributed by atoms with Crippen molar-refractivity contribution in [1.82, 2.24) is 0 Å². The first-order chi connectivity index (χ1) is 8.12. The Morgan fingerprint density at radius 1 is 0.889 bits per heavy atom. The lowest BCUT2D eigenvalue weighted by Crippen LogP contribution is -2.31. The van der Waals surface area contributed by atoms with Gasteiger partial charge in [-0.25, -0.2) is 9.59 Å². The molecule has 0 amide bonds. The van der Waals surface area contributed by atoms with Crippen LogP contribution in [0, 0.1) is 11.8 Å². The van der Waals surface area contributed by atoms with Gasteiger partial charge in [0.2, 0.25) is 0 Å². The summed E-state index contributed by atoms with van der Waals surface area (Å²) in [6, 6.07) is 0. The molecule has 0 fully saturated rings. The first-order valence-electron chi connectivity index (χ1n) is 5.37. The van der Waals surface area contributed by atoms with E-state index < -0.39 is 28.6 Å². The maximum Gasteiger partial charge on any atom is 0.371 e. The van der Waals surface area contributed by atoms with Crippen LogP contribution in [0.15, 0.2) is 24.6 Å². The fourth-order valence-corrected chi connectivity index (χ4v) is 1.94. The lowest BCUT2D eigenvalue weighted by Gasteiger charge is -2.16. The minimum absolute atomic E-state index is 0.735. The molecule has 0 unspecified atom stereocenters. The Morgan fingerprint density at radius 2 is 1.17 bits per heavy atom. The van der Waals surface area contributed by atoms with Crippen LogP contribution in [0.5, 0.6) is 0 Å². The Hall–Kier alpha value is -1.59. The van der Waals surface area contributed by atoms with Crippen LogP contribution in [-0.2, 0) is 18.4 Å². The predicted octanol–water partition coefficient (Wildman–Crippen LogP) is 1.94. The van der Waals surface area contributed by atoms with Crippen LogP contribution in [0.25, 0.3) is 0 Å². The summed E-state index contributed by atoms with van der Waals surface area (Å²) < 4.78 is 10.2. The Kier molecular flexibility index (Phi) is 5.81. The molecule has 6 heteroatoms. The van der Waals surface area contributed by atoms with Gasteiger partial charge in [-0.05, 0) is 26.2 Å². The molecule has 0 radical (unpaired) electrons. The van der Waals surface area contributed by atoms with E-state index in [9.17, 15) is 9.59 Å². The van der Waals surface area contributed by atoms with Gasteiger partial charge in [0.05, 0.1) is 0 Å². The van der Waals surface area contributed by atoms with Crippen molar-refractivity contribution in [3.63, 3.8) is 0 Å². The molecule has 0 heterocycles. The molecule has 0 spiro atoms. The molecule has 0 aromatic carbocycles. The maximum absolute atomic E-state index is 11.3. The Balaban J connectivity index is 4.51. The lowest BCUT2D eigenvalue weighted by molar-refractivity contribution is -0.130. The van der Waals surface area contributed by atoms with Gasteiger partial charge >= 0.3 is 11.9 Å². The van der Waals surface area contributed by atoms with Crippen LogP contribution < -0.4 is 0 Å². The fraction of sp³-hybridized carbons (Fsp3) is 0.333. The number of rotatable bonds is 4. The van der Waals surface area contributed by atoms with E-state index >= 15 is 0 Å². The van der Waals surface area contributed by atoms with E-state index in [1.165, 1.54) is 0 Å². The molecule has 98 valence electrons. The molecule has 0 aliphatic heterocycles. The SMILES string of the molecule is C=C[Si](C)(C)OC(=O)C#CC(=O)O[Si](C)(C)C=C. The summed E-state index contributed by atoms with van der Waals surface area (Å²) in [4.78, 5) is 22.7. The van der Waals surface area contributed by atoms with Gasteiger partial charge in [0.15, 0.2) is 0 Å². The number of carbonyl (C=O) groups is 2. The summed E-state index contributed by atoms with van der Waals surface area (Å²) in [5.41, 5.74) is 3.22. The van der Waals surface area contributed by atoms with Crippen LogP contribution in [0.3, 0.4) is 0 Å². The van der Waals surface area contributed by atoms with Crippen LogP contribution in [0.4, 0.5) is 0 Å². The van der Waals surface area contributed by atoms with E-state index in [-0.39, 0.29) is 0 Å². The zero-order valence-corrected chi connectivity index (χ0v) is 13.2. The summed E-state index contributed by atoms with van der Waals surface area (Å²) in [6.45, 7) is 14.3. The molecular weight excluding hydrogens is 264 g/mol. The van der Waals surface area contributed by atoms with Crippen molar-refractivity contribution in [3.8, 4) is 11.8 Å². The first-order valence-corrected chi connectivity index (χ1v) is 11.3. The highest BCUT2D eigenvalue weighted by molar-refractivity contribution is 6.78. The number of hydrogen-bond donors (Lipinski definition) is 0. The molecule has 0 saturated heterocycles. The second-order valence-corrected chi connectivity index (χ2v) is 12.3. The van der Waals surface area contributed by atoms with Crippen molar-refractivity contribution >= 4 is 28.6 Å². The van der Waals surface area contributed by atoms with Crippen LogP contribution >= 0.6 is 0 Å². The first kappa shape index (κ1) is 16.4. The van der Waals surface area contributed by atoms with Gasteiger partial charge < -0.3 is 8.85 Å². The smallest absolute Gasteiger partial charge is 0.371 e. The average Bonchev–Trinajstić information content (AvgIpc) is 2.25. The third-order valence-corrected chi connectivity index (χ3v) is 5.35. The topological polar surface area (TPSA) is 52.6 Å². The van der Waals surface area contributed by atoms with Crippen molar-refractivity contribution in [2.45, 2.75) is 26.2 Å². The number of hydrogen-bond acceptors (Lipinski definition) is 4. The molecule has 4 nitrogen and oxygen atoms in total. The van der Waals surface area contributed by atoms with E-state index in [4.69, 9.17) is 8.85 Å². The molecule has 0 aliphatic rings. The zero-order chi connectivity index (χ0) is 14.4. The highest BCUT2D eigenvalue weighted by atomic mass is 28.4. The Bertz CT molecular complexity index is 389. The van der Waals surface area contributed by atoms with Crippen molar-refractivity contribution in [2.24, 2.45) is 0 Å². The third-order valence-electron chi connectivity index (χ3n) is 1.96. The molecule has 0 aromatic heterocycles. The minimum Gasteiger partial charge on any atom is -0.507 e. The van der Waals surface area contributed by atoms with Crippen LogP contribution in [0.2, 0.25) is 26.2 Å². The Labute approximate surface area is 110 Å². The second-order valence-electron chi connectivity index (χ2n) is 4.64. The molecule has 0 atom stereocenters. The molecule has 0 saturated carbocycles. The zero-order valence-electron chi connectivity index (χ0n) is 11.2. The summed E-state index contributed by atoms with van der Waals surface area (Å²) >= 11 is 0. The molecule has 0 aliphatic carbocycles. The predicted molar refractivity (Wildman–Crippen MR) is 75.3 cm³/mol. The van der Waals surface area contributed by atoms with E-state index in [1.807, 2.05) is 0 Å².